The van der Waals surface area contributed by atoms with Gasteiger partial charge in [0.25, 0.3) is 0 Å². The van der Waals surface area contributed by atoms with Crippen molar-refractivity contribution in [3.8, 4) is 0 Å². The van der Waals surface area contributed by atoms with E-state index in [1.54, 1.807) is 0 Å². The maximum Gasteiger partial charge on any atom is 2.00 e. The van der Waals surface area contributed by atoms with Gasteiger partial charge in [-0.1, -0.05) is 150 Å². The fraction of sp³-hybridized carbons (Fsp3) is 1.00. The van der Waals surface area contributed by atoms with Crippen molar-refractivity contribution in [2.75, 3.05) is 52.4 Å². The molecule has 12 saturated carbocycles. The molecule has 24 atom stereocenters. The monoisotopic (exact) mass is 2340 g/mol. The summed E-state index contributed by atoms with van der Waals surface area (Å²) in [4.78, 5) is 0. The van der Waals surface area contributed by atoms with Crippen LogP contribution >= 0.6 is 36.1 Å². The van der Waals surface area contributed by atoms with Gasteiger partial charge in [0.1, 0.15) is 0 Å². The molecule has 0 aromatic rings. The summed E-state index contributed by atoms with van der Waals surface area (Å²) in [6, 6.07) is 2.54. The van der Waals surface area contributed by atoms with Gasteiger partial charge in [0.15, 0.2) is 0 Å². The summed E-state index contributed by atoms with van der Waals surface area (Å²) in [6.07, 6.45) is 46.0. The molecule has 20 fully saturated rings. The van der Waals surface area contributed by atoms with Crippen molar-refractivity contribution in [3.63, 3.8) is 0 Å². The molecule has 0 N–H and O–H groups in total. The second kappa shape index (κ2) is 65.3. The molecular weight excluding hydrogens is 2190 g/mol. The van der Waals surface area contributed by atoms with Gasteiger partial charge in [-0.3, -0.25) is 15.1 Å². The predicted molar refractivity (Wildman–Crippen MR) is 510 cm³/mol. The Bertz CT molecular complexity index is 4000. The average molecular weight is 2340 g/mol. The van der Waals surface area contributed by atoms with Crippen molar-refractivity contribution in [1.82, 2.24) is 0 Å². The number of rotatable bonds is 22. The molecule has 0 aromatic heterocycles. The Morgan fingerprint density at radius 3 is 0.400 bits per heavy atom. The van der Waals surface area contributed by atoms with Gasteiger partial charge < -0.3 is 81.1 Å². The summed E-state index contributed by atoms with van der Waals surface area (Å²) in [5.41, 5.74) is 0. The normalized spacial score (nSPS) is 43.1. The van der Waals surface area contributed by atoms with Crippen LogP contribution in [0.15, 0.2) is 0 Å². The van der Waals surface area contributed by atoms with Crippen LogP contribution in [0.3, 0.4) is 0 Å². The van der Waals surface area contributed by atoms with Gasteiger partial charge in [-0.25, -0.2) is 42.1 Å². The number of piperidine rings is 8. The van der Waals surface area contributed by atoms with Crippen LogP contribution in [0, 0.1) is 142 Å². The zero-order chi connectivity index (χ0) is 95.2. The van der Waals surface area contributed by atoms with E-state index in [4.69, 9.17) is 42.5 Å². The first-order valence-electron chi connectivity index (χ1n) is 53.4. The molecule has 0 radical (unpaired) electrons. The van der Waals surface area contributed by atoms with Gasteiger partial charge in [0, 0.05) is 78.1 Å². The summed E-state index contributed by atoms with van der Waals surface area (Å²) >= 11 is 3.59. The Labute approximate surface area is 1070 Å². The molecular formula is C96H152N8Na8O24RuS8-6. The standard InChI is InChI=1S/4C24H40N2O6S2.8Na.Ru/c2*27-33(28,29)17-5-1-15(2-6-17)19-11-13-25-23-21(19)9-10-22-20(12-14-26-24(22)23)16-3-7-18(8-4-16)34(30,31)32;27-31-32-33-17-5-1-15(2-6-17)19-11-13-25-23-21(19)9-10-22-20(12-14-26-24(22)23)16-3-7-18(8-4-16)34(28,29)30;27-29-31-33-17-5-1-15(2-6-17)19-11-13-25-23-21(19)9-10-22-20(12-14-26-24(22)23)16-3-7-18(8-4-16)34-32-30-28;;;;;;;;;/h2*15-24H,1-14H2,(H,27,28,29)(H,30,31,32);15-24,27H,1-14H2,(H,28,29,30);15-24,27-28H,1-14H2;;;;;;;;;/q4*-2;8*+1;+2/p-8. The quantitative estimate of drug-likeness (QED) is 0.0319. The largest absolute Gasteiger partial charge is 2.00 e. The molecule has 32 nitrogen and oxygen atoms in total. The van der Waals surface area contributed by atoms with Crippen molar-refractivity contribution in [2.24, 2.45) is 142 Å². The molecule has 145 heavy (non-hydrogen) atoms. The first-order chi connectivity index (χ1) is 65.5. The van der Waals surface area contributed by atoms with E-state index in [1.165, 1.54) is 120 Å². The second-order valence-electron chi connectivity index (χ2n) is 45.9. The van der Waals surface area contributed by atoms with Gasteiger partial charge in [-0.05, 0) is 300 Å². The third kappa shape index (κ3) is 35.8. The molecule has 8 heterocycles. The van der Waals surface area contributed by atoms with Crippen LogP contribution in [0.4, 0.5) is 0 Å². The zero-order valence-corrected chi connectivity index (χ0v) is 112. The average Bonchev–Trinajstić information content (AvgIpc) is 0.764. The molecule has 8 aliphatic heterocycles. The molecule has 49 heteroatoms. The third-order valence-corrected chi connectivity index (χ3v) is 49.4. The van der Waals surface area contributed by atoms with Gasteiger partial charge >= 0.3 is 256 Å². The van der Waals surface area contributed by atoms with Crippen molar-refractivity contribution in [1.29, 1.82) is 0 Å². The number of nitrogens with zero attached hydrogens (tertiary/aromatic N) is 8. The van der Waals surface area contributed by atoms with E-state index in [1.807, 2.05) is 0 Å². The zero-order valence-electron chi connectivity index (χ0n) is 87.7. The van der Waals surface area contributed by atoms with E-state index < -0.39 is 76.8 Å². The van der Waals surface area contributed by atoms with Crippen LogP contribution in [0.2, 0.25) is 0 Å². The Morgan fingerprint density at radius 1 is 0.172 bits per heavy atom. The molecule has 0 bridgehead atoms. The molecule has 24 unspecified atom stereocenters. The minimum Gasteiger partial charge on any atom is -0.748 e. The summed E-state index contributed by atoms with van der Waals surface area (Å²) in [5.74, 6) is 14.4. The SMILES string of the molecule is O=S(=O)([O-])C1CCC(C2CC[N-]C3C2CCC2C(C4CCC(S(=O)(=O)[O-])CC4)CC[N-]C23)CC1.O=S(=O)([O-])C1CCC(C2CC[N-]C3C2CCC2C(C4CCC(S(=O)(=O)[O-])CC4)CC[N-]C23)CC1.O=S(=O)([O-])C1CCC(C2CC[N-]C3C2CCC2C(C4CCC(SOO[O-])CC4)CC[N-]C23)CC1.[Na+].[Na+].[Na+].[Na+].[Na+].[Na+].[Na+].[Na+].[O-]OOSC1CCC(C2CC[N-]C3C2CCC2C(C4CCC(SOO[O-])CC4)CC[N-]C23)CC1.[Ru+2]. The molecule has 12 aliphatic carbocycles. The minimum absolute atomic E-state index is 0. The minimum atomic E-state index is -4.18. The predicted octanol–water partition coefficient (Wildman–Crippen LogP) is -8.01. The Balaban J connectivity index is 0.000000231. The molecule has 20 rings (SSSR count). The molecule has 0 aromatic carbocycles. The smallest absolute Gasteiger partial charge is 0.748 e. The Hall–Kier alpha value is 8.54. The summed E-state index contributed by atoms with van der Waals surface area (Å²) in [5, 5.41) is 79.9. The fourth-order valence-electron chi connectivity index (χ4n) is 34.1. The maximum atomic E-state index is 11.5. The summed E-state index contributed by atoms with van der Waals surface area (Å²) < 4.78 is 186. The Kier molecular flexibility index (Phi) is 62.5. The number of fused-ring (bicyclic) bond motifs is 12. The first-order valence-corrected chi connectivity index (χ1v) is 63.2. The van der Waals surface area contributed by atoms with E-state index in [0.717, 1.165) is 248 Å². The first kappa shape index (κ1) is 139. The molecule has 8 saturated heterocycles. The van der Waals surface area contributed by atoms with Crippen molar-refractivity contribution < 1.29 is 365 Å². The number of hydrogen-bond donors (Lipinski definition) is 0. The van der Waals surface area contributed by atoms with Gasteiger partial charge in [-0.15, -0.1) is 101 Å². The van der Waals surface area contributed by atoms with Gasteiger partial charge in [-0.2, -0.15) is 13.0 Å². The van der Waals surface area contributed by atoms with Crippen molar-refractivity contribution in [3.05, 3.63) is 42.5 Å². The van der Waals surface area contributed by atoms with E-state index >= 15 is 0 Å². The van der Waals surface area contributed by atoms with E-state index in [2.05, 4.69) is 28.1 Å². The van der Waals surface area contributed by atoms with E-state index in [-0.39, 0.29) is 280 Å². The van der Waals surface area contributed by atoms with E-state index in [9.17, 15) is 80.6 Å². The molecule has 0 amide bonds. The van der Waals surface area contributed by atoms with Crippen molar-refractivity contribution in [2.45, 2.75) is 399 Å². The molecule has 20 aliphatic rings. The van der Waals surface area contributed by atoms with E-state index in [0.29, 0.717) is 211 Å². The van der Waals surface area contributed by atoms with Crippen molar-refractivity contribution >= 4 is 86.7 Å². The van der Waals surface area contributed by atoms with Crippen LogP contribution in [0.1, 0.15) is 308 Å². The summed E-state index contributed by atoms with van der Waals surface area (Å²) in [6.45, 7) is 7.25. The molecule has 0 spiro atoms. The second-order valence-corrected chi connectivity index (χ2v) is 57.1. The van der Waals surface area contributed by atoms with Crippen LogP contribution in [0.25, 0.3) is 42.5 Å². The molecule has 790 valence electrons. The van der Waals surface area contributed by atoms with Crippen LogP contribution in [-0.4, -0.2) is 208 Å². The number of hydrogen-bond acceptors (Lipinski definition) is 27. The third-order valence-electron chi connectivity index (χ3n) is 40.3. The van der Waals surface area contributed by atoms with Crippen LogP contribution < -0.4 is 252 Å². The van der Waals surface area contributed by atoms with Crippen LogP contribution in [0.5, 0.6) is 0 Å². The van der Waals surface area contributed by atoms with Crippen LogP contribution in [-0.2, 0) is 98.2 Å². The maximum absolute atomic E-state index is 11.5. The summed E-state index contributed by atoms with van der Waals surface area (Å²) in [7, 11) is -20.9. The van der Waals surface area contributed by atoms with Gasteiger partial charge in [0.05, 0.1) is 50.6 Å². The van der Waals surface area contributed by atoms with Gasteiger partial charge in [0.2, 0.25) is 0 Å². The Morgan fingerprint density at radius 2 is 0.290 bits per heavy atom. The fourth-order valence-corrected chi connectivity index (χ4v) is 40.1. The topological polar surface area (TPSA) is 523 Å².